The molecule has 0 radical (unpaired) electrons. The number of hydrogen-bond donors (Lipinski definition) is 0. The van der Waals surface area contributed by atoms with Crippen LogP contribution < -0.4 is 0 Å². The van der Waals surface area contributed by atoms with Crippen molar-refractivity contribution in [2.24, 2.45) is 0 Å². The SMILES string of the molecule is CSc1ccc(SSc2ccccn2)cc1. The van der Waals surface area contributed by atoms with E-state index in [4.69, 9.17) is 0 Å². The third kappa shape index (κ3) is 3.47. The first-order valence-corrected chi connectivity index (χ1v) is 8.15. The second-order valence-electron chi connectivity index (χ2n) is 3.01. The van der Waals surface area contributed by atoms with Crippen molar-refractivity contribution in [2.75, 3.05) is 6.26 Å². The quantitative estimate of drug-likeness (QED) is 0.591. The number of aromatic nitrogens is 1. The van der Waals surface area contributed by atoms with E-state index in [2.05, 4.69) is 35.5 Å². The van der Waals surface area contributed by atoms with Crippen LogP contribution in [0.15, 0.2) is 63.5 Å². The monoisotopic (exact) mass is 265 g/mol. The Labute approximate surface area is 108 Å². The average Bonchev–Trinajstić information content (AvgIpc) is 2.38. The highest BCUT2D eigenvalue weighted by Crippen LogP contribution is 2.36. The molecule has 0 fully saturated rings. The molecule has 4 heteroatoms. The summed E-state index contributed by atoms with van der Waals surface area (Å²) in [5.41, 5.74) is 0. The number of nitrogens with zero attached hydrogens (tertiary/aromatic N) is 1. The van der Waals surface area contributed by atoms with Crippen LogP contribution in [0.2, 0.25) is 0 Å². The van der Waals surface area contributed by atoms with Crippen molar-refractivity contribution < 1.29 is 0 Å². The van der Waals surface area contributed by atoms with Gasteiger partial charge < -0.3 is 0 Å². The zero-order chi connectivity index (χ0) is 11.2. The van der Waals surface area contributed by atoms with Crippen LogP contribution in [-0.2, 0) is 0 Å². The zero-order valence-electron chi connectivity index (χ0n) is 8.79. The summed E-state index contributed by atoms with van der Waals surface area (Å²) in [5.74, 6) is 0. The van der Waals surface area contributed by atoms with E-state index in [1.807, 2.05) is 24.4 Å². The van der Waals surface area contributed by atoms with E-state index in [-0.39, 0.29) is 0 Å². The van der Waals surface area contributed by atoms with Gasteiger partial charge in [0.2, 0.25) is 0 Å². The standard InChI is InChI=1S/C12H11NS3/c1-14-10-5-7-11(8-6-10)15-16-12-4-2-3-9-13-12/h2-9H,1H3. The van der Waals surface area contributed by atoms with E-state index < -0.39 is 0 Å². The van der Waals surface area contributed by atoms with E-state index in [0.29, 0.717) is 0 Å². The van der Waals surface area contributed by atoms with E-state index in [1.165, 1.54) is 9.79 Å². The molecule has 0 aliphatic rings. The first-order chi connectivity index (χ1) is 7.88. The summed E-state index contributed by atoms with van der Waals surface area (Å²) >= 11 is 1.76. The van der Waals surface area contributed by atoms with Crippen LogP contribution in [0.3, 0.4) is 0 Å². The number of hydrogen-bond acceptors (Lipinski definition) is 4. The largest absolute Gasteiger partial charge is 0.249 e. The zero-order valence-corrected chi connectivity index (χ0v) is 11.2. The van der Waals surface area contributed by atoms with Crippen LogP contribution in [0.1, 0.15) is 0 Å². The maximum atomic E-state index is 4.27. The Morgan fingerprint density at radius 1 is 0.875 bits per heavy atom. The highest BCUT2D eigenvalue weighted by molar-refractivity contribution is 8.76. The lowest BCUT2D eigenvalue weighted by Crippen LogP contribution is -1.74. The summed E-state index contributed by atoms with van der Waals surface area (Å²) in [4.78, 5) is 6.82. The van der Waals surface area contributed by atoms with E-state index in [1.54, 1.807) is 33.3 Å². The van der Waals surface area contributed by atoms with Crippen molar-refractivity contribution in [3.05, 3.63) is 48.7 Å². The average molecular weight is 265 g/mol. The third-order valence-corrected chi connectivity index (χ3v) is 4.96. The van der Waals surface area contributed by atoms with Crippen molar-refractivity contribution in [1.29, 1.82) is 0 Å². The van der Waals surface area contributed by atoms with Gasteiger partial charge >= 0.3 is 0 Å². The fraction of sp³-hybridized carbons (Fsp3) is 0.0833. The minimum Gasteiger partial charge on any atom is -0.249 e. The highest BCUT2D eigenvalue weighted by Gasteiger charge is 1.98. The Balaban J connectivity index is 1.94. The third-order valence-electron chi connectivity index (χ3n) is 1.92. The van der Waals surface area contributed by atoms with Gasteiger partial charge in [0.25, 0.3) is 0 Å². The summed E-state index contributed by atoms with van der Waals surface area (Å²) < 4.78 is 0. The first kappa shape index (κ1) is 11.9. The number of thioether (sulfide) groups is 1. The molecular weight excluding hydrogens is 254 g/mol. The molecule has 0 saturated heterocycles. The lowest BCUT2D eigenvalue weighted by molar-refractivity contribution is 1.14. The molecule has 0 amide bonds. The summed E-state index contributed by atoms with van der Waals surface area (Å²) in [6.07, 6.45) is 3.91. The van der Waals surface area contributed by atoms with Gasteiger partial charge in [-0.05, 0) is 53.4 Å². The second-order valence-corrected chi connectivity index (χ2v) is 6.11. The Bertz CT molecular complexity index is 428. The molecule has 82 valence electrons. The van der Waals surface area contributed by atoms with E-state index in [0.717, 1.165) is 5.03 Å². The van der Waals surface area contributed by atoms with E-state index in [9.17, 15) is 0 Å². The van der Waals surface area contributed by atoms with Gasteiger partial charge in [-0.2, -0.15) is 0 Å². The highest BCUT2D eigenvalue weighted by atomic mass is 33.1. The van der Waals surface area contributed by atoms with Crippen LogP contribution in [-0.4, -0.2) is 11.2 Å². The summed E-state index contributed by atoms with van der Waals surface area (Å²) in [7, 11) is 3.42. The Kier molecular flexibility index (Phi) is 4.63. The predicted molar refractivity (Wildman–Crippen MR) is 74.2 cm³/mol. The van der Waals surface area contributed by atoms with Gasteiger partial charge in [-0.15, -0.1) is 11.8 Å². The summed E-state index contributed by atoms with van der Waals surface area (Å²) in [6.45, 7) is 0. The molecule has 0 aliphatic heterocycles. The fourth-order valence-electron chi connectivity index (χ4n) is 1.12. The lowest BCUT2D eigenvalue weighted by Gasteiger charge is -2.01. The molecule has 0 saturated carbocycles. The van der Waals surface area contributed by atoms with Crippen LogP contribution in [0.4, 0.5) is 0 Å². The minimum atomic E-state index is 1.04. The summed E-state index contributed by atoms with van der Waals surface area (Å²) in [6, 6.07) is 14.5. The van der Waals surface area contributed by atoms with Gasteiger partial charge in [-0.1, -0.05) is 16.9 Å². The van der Waals surface area contributed by atoms with Crippen molar-refractivity contribution in [3.63, 3.8) is 0 Å². The molecular formula is C12H11NS3. The Morgan fingerprint density at radius 3 is 2.25 bits per heavy atom. The molecule has 0 unspecified atom stereocenters. The Hall–Kier alpha value is -0.580. The van der Waals surface area contributed by atoms with Gasteiger partial charge in [0, 0.05) is 16.0 Å². The molecule has 1 heterocycles. The molecule has 0 atom stereocenters. The molecule has 0 bridgehead atoms. The van der Waals surface area contributed by atoms with Gasteiger partial charge in [0.05, 0.1) is 0 Å². The number of rotatable bonds is 4. The maximum absolute atomic E-state index is 4.27. The predicted octanol–water partition coefficient (Wildman–Crippen LogP) is 4.60. The number of benzene rings is 1. The minimum absolute atomic E-state index is 1.04. The van der Waals surface area contributed by atoms with Gasteiger partial charge in [0.15, 0.2) is 0 Å². The maximum Gasteiger partial charge on any atom is 0.107 e. The van der Waals surface area contributed by atoms with Crippen molar-refractivity contribution in [3.8, 4) is 0 Å². The van der Waals surface area contributed by atoms with Crippen molar-refractivity contribution in [1.82, 2.24) is 4.98 Å². The van der Waals surface area contributed by atoms with E-state index >= 15 is 0 Å². The molecule has 2 aromatic rings. The molecule has 1 aromatic heterocycles. The molecule has 1 aromatic carbocycles. The van der Waals surface area contributed by atoms with Gasteiger partial charge in [0.1, 0.15) is 5.03 Å². The van der Waals surface area contributed by atoms with Gasteiger partial charge in [-0.3, -0.25) is 0 Å². The number of pyridine rings is 1. The molecule has 2 rings (SSSR count). The lowest BCUT2D eigenvalue weighted by atomic mass is 10.4. The normalized spacial score (nSPS) is 10.3. The van der Waals surface area contributed by atoms with Crippen LogP contribution in [0.25, 0.3) is 0 Å². The Morgan fingerprint density at radius 2 is 1.62 bits per heavy atom. The van der Waals surface area contributed by atoms with Crippen molar-refractivity contribution >= 4 is 33.3 Å². The van der Waals surface area contributed by atoms with Crippen LogP contribution in [0.5, 0.6) is 0 Å². The fourth-order valence-corrected chi connectivity index (χ4v) is 3.37. The van der Waals surface area contributed by atoms with Gasteiger partial charge in [-0.25, -0.2) is 4.98 Å². The molecule has 0 N–H and O–H groups in total. The first-order valence-electron chi connectivity index (χ1n) is 4.78. The molecule has 0 spiro atoms. The van der Waals surface area contributed by atoms with Crippen molar-refractivity contribution in [2.45, 2.75) is 14.8 Å². The molecule has 16 heavy (non-hydrogen) atoms. The van der Waals surface area contributed by atoms with Crippen LogP contribution >= 0.6 is 33.3 Å². The molecule has 0 aliphatic carbocycles. The summed E-state index contributed by atoms with van der Waals surface area (Å²) in [5, 5.41) is 1.04. The second kappa shape index (κ2) is 6.23. The topological polar surface area (TPSA) is 12.9 Å². The smallest absolute Gasteiger partial charge is 0.107 e. The van der Waals surface area contributed by atoms with Crippen LogP contribution in [0, 0.1) is 0 Å². The molecule has 1 nitrogen and oxygen atoms in total.